The average molecular weight is 333 g/mol. The summed E-state index contributed by atoms with van der Waals surface area (Å²) >= 11 is 0. The summed E-state index contributed by atoms with van der Waals surface area (Å²) in [6.45, 7) is 5.33. The van der Waals surface area contributed by atoms with E-state index in [9.17, 15) is 4.79 Å². The standard InChI is InChI=1S/C19H31N3O2/c1-15-7-5-6-10-22(15)14-17-9-4-3-8-16(17)13-21-19(23)11-18(12-20)24-2/h3-4,8-9,15,18H,5-7,10-14,20H2,1-2H3,(H,21,23). The van der Waals surface area contributed by atoms with Crippen LogP contribution in [0, 0.1) is 0 Å². The van der Waals surface area contributed by atoms with Gasteiger partial charge in [-0.2, -0.15) is 0 Å². The second-order valence-corrected chi connectivity index (χ2v) is 6.66. The molecular weight excluding hydrogens is 302 g/mol. The number of ether oxygens (including phenoxy) is 1. The number of carbonyl (C=O) groups excluding carboxylic acids is 1. The SMILES string of the molecule is COC(CN)CC(=O)NCc1ccccc1CN1CCCCC1C. The van der Waals surface area contributed by atoms with Gasteiger partial charge in [0.1, 0.15) is 0 Å². The van der Waals surface area contributed by atoms with Crippen molar-refractivity contribution in [2.24, 2.45) is 5.73 Å². The molecule has 0 spiro atoms. The van der Waals surface area contributed by atoms with Crippen LogP contribution in [0.4, 0.5) is 0 Å². The normalized spacial score (nSPS) is 19.9. The Balaban J connectivity index is 1.92. The van der Waals surface area contributed by atoms with Crippen molar-refractivity contribution >= 4 is 5.91 Å². The fraction of sp³-hybridized carbons (Fsp3) is 0.632. The van der Waals surface area contributed by atoms with Gasteiger partial charge in [-0.05, 0) is 37.4 Å². The average Bonchev–Trinajstić information content (AvgIpc) is 2.61. The summed E-state index contributed by atoms with van der Waals surface area (Å²) in [6.07, 6.45) is 3.97. The van der Waals surface area contributed by atoms with E-state index in [0.29, 0.717) is 25.6 Å². The molecule has 3 N–H and O–H groups in total. The van der Waals surface area contributed by atoms with Gasteiger partial charge in [0.25, 0.3) is 0 Å². The lowest BCUT2D eigenvalue weighted by Gasteiger charge is -2.33. The van der Waals surface area contributed by atoms with E-state index in [2.05, 4.69) is 35.3 Å². The summed E-state index contributed by atoms with van der Waals surface area (Å²) < 4.78 is 5.17. The predicted octanol–water partition coefficient (Wildman–Crippen LogP) is 2.04. The van der Waals surface area contributed by atoms with Gasteiger partial charge in [0.15, 0.2) is 0 Å². The van der Waals surface area contributed by atoms with Crippen LogP contribution in [0.2, 0.25) is 0 Å². The molecule has 2 rings (SSSR count). The molecule has 1 aliphatic rings. The molecule has 2 unspecified atom stereocenters. The van der Waals surface area contributed by atoms with E-state index in [0.717, 1.165) is 13.1 Å². The van der Waals surface area contributed by atoms with Crippen molar-refractivity contribution in [1.29, 1.82) is 0 Å². The van der Waals surface area contributed by atoms with Crippen LogP contribution in [-0.4, -0.2) is 43.2 Å². The number of rotatable bonds is 8. The van der Waals surface area contributed by atoms with Crippen LogP contribution < -0.4 is 11.1 Å². The Hall–Kier alpha value is -1.43. The van der Waals surface area contributed by atoms with Crippen LogP contribution >= 0.6 is 0 Å². The van der Waals surface area contributed by atoms with Gasteiger partial charge < -0.3 is 15.8 Å². The molecule has 0 aliphatic carbocycles. The number of piperidine rings is 1. The summed E-state index contributed by atoms with van der Waals surface area (Å²) in [5, 5.41) is 2.99. The van der Waals surface area contributed by atoms with E-state index in [-0.39, 0.29) is 12.0 Å². The molecule has 2 atom stereocenters. The summed E-state index contributed by atoms with van der Waals surface area (Å²) in [6, 6.07) is 9.00. The molecule has 0 aromatic heterocycles. The maximum atomic E-state index is 12.0. The third kappa shape index (κ3) is 5.58. The summed E-state index contributed by atoms with van der Waals surface area (Å²) in [7, 11) is 1.58. The molecule has 0 saturated carbocycles. The second-order valence-electron chi connectivity index (χ2n) is 6.66. The Bertz CT molecular complexity index is 517. The Labute approximate surface area is 145 Å². The smallest absolute Gasteiger partial charge is 0.222 e. The number of methoxy groups -OCH3 is 1. The van der Waals surface area contributed by atoms with Gasteiger partial charge in [-0.15, -0.1) is 0 Å². The number of nitrogens with two attached hydrogens (primary N) is 1. The van der Waals surface area contributed by atoms with Crippen molar-refractivity contribution in [2.75, 3.05) is 20.2 Å². The second kappa shape index (κ2) is 9.77. The Morgan fingerprint density at radius 1 is 1.38 bits per heavy atom. The number of carbonyl (C=O) groups is 1. The summed E-state index contributed by atoms with van der Waals surface area (Å²) in [5.41, 5.74) is 8.05. The van der Waals surface area contributed by atoms with E-state index in [4.69, 9.17) is 10.5 Å². The minimum absolute atomic E-state index is 0.0200. The highest BCUT2D eigenvalue weighted by atomic mass is 16.5. The van der Waals surface area contributed by atoms with Gasteiger partial charge in [-0.25, -0.2) is 0 Å². The van der Waals surface area contributed by atoms with Crippen LogP contribution in [0.3, 0.4) is 0 Å². The Morgan fingerprint density at radius 3 is 2.79 bits per heavy atom. The van der Waals surface area contributed by atoms with E-state index >= 15 is 0 Å². The first-order valence-corrected chi connectivity index (χ1v) is 8.94. The molecule has 1 fully saturated rings. The first kappa shape index (κ1) is 18.9. The van der Waals surface area contributed by atoms with Crippen LogP contribution in [0.15, 0.2) is 24.3 Å². The van der Waals surface area contributed by atoms with Crippen molar-refractivity contribution in [3.63, 3.8) is 0 Å². The molecule has 1 aromatic carbocycles. The maximum Gasteiger partial charge on any atom is 0.222 e. The number of hydrogen-bond donors (Lipinski definition) is 2. The molecule has 0 radical (unpaired) electrons. The van der Waals surface area contributed by atoms with Crippen LogP contribution in [0.25, 0.3) is 0 Å². The van der Waals surface area contributed by atoms with Crippen LogP contribution in [0.5, 0.6) is 0 Å². The highest BCUT2D eigenvalue weighted by molar-refractivity contribution is 5.76. The monoisotopic (exact) mass is 333 g/mol. The highest BCUT2D eigenvalue weighted by Gasteiger charge is 2.19. The van der Waals surface area contributed by atoms with Gasteiger partial charge in [0, 0.05) is 32.8 Å². The van der Waals surface area contributed by atoms with E-state index in [1.165, 1.54) is 30.4 Å². The van der Waals surface area contributed by atoms with Gasteiger partial charge in [0.05, 0.1) is 12.5 Å². The zero-order valence-electron chi connectivity index (χ0n) is 15.0. The largest absolute Gasteiger partial charge is 0.380 e. The number of benzene rings is 1. The van der Waals surface area contributed by atoms with Crippen molar-refractivity contribution in [3.05, 3.63) is 35.4 Å². The predicted molar refractivity (Wildman–Crippen MR) is 96.5 cm³/mol. The molecule has 1 saturated heterocycles. The quantitative estimate of drug-likeness (QED) is 0.764. The molecule has 1 aromatic rings. The minimum atomic E-state index is -0.213. The molecule has 1 amide bonds. The van der Waals surface area contributed by atoms with Crippen LogP contribution in [-0.2, 0) is 22.6 Å². The van der Waals surface area contributed by atoms with Crippen LogP contribution in [0.1, 0.15) is 43.7 Å². The number of amides is 1. The third-order valence-electron chi connectivity index (χ3n) is 4.92. The highest BCUT2D eigenvalue weighted by Crippen LogP contribution is 2.20. The van der Waals surface area contributed by atoms with Crippen molar-refractivity contribution in [2.45, 2.75) is 57.8 Å². The first-order chi connectivity index (χ1) is 11.6. The molecule has 134 valence electrons. The van der Waals surface area contributed by atoms with E-state index in [1.54, 1.807) is 7.11 Å². The molecule has 5 nitrogen and oxygen atoms in total. The van der Waals surface area contributed by atoms with Crippen molar-refractivity contribution in [3.8, 4) is 0 Å². The molecule has 24 heavy (non-hydrogen) atoms. The van der Waals surface area contributed by atoms with Crippen molar-refractivity contribution < 1.29 is 9.53 Å². The fourth-order valence-electron chi connectivity index (χ4n) is 3.23. The van der Waals surface area contributed by atoms with Gasteiger partial charge in [0.2, 0.25) is 5.91 Å². The lowest BCUT2D eigenvalue weighted by atomic mass is 10.0. The van der Waals surface area contributed by atoms with Crippen molar-refractivity contribution in [1.82, 2.24) is 10.2 Å². The van der Waals surface area contributed by atoms with E-state index in [1.807, 2.05) is 6.07 Å². The summed E-state index contributed by atoms with van der Waals surface area (Å²) in [5.74, 6) is -0.0200. The van der Waals surface area contributed by atoms with Gasteiger partial charge >= 0.3 is 0 Å². The number of hydrogen-bond acceptors (Lipinski definition) is 4. The fourth-order valence-corrected chi connectivity index (χ4v) is 3.23. The van der Waals surface area contributed by atoms with Gasteiger partial charge in [-0.1, -0.05) is 30.7 Å². The number of nitrogens with one attached hydrogen (secondary N) is 1. The lowest BCUT2D eigenvalue weighted by Crippen LogP contribution is -2.37. The van der Waals surface area contributed by atoms with E-state index < -0.39 is 0 Å². The third-order valence-corrected chi connectivity index (χ3v) is 4.92. The number of likely N-dealkylation sites (tertiary alicyclic amines) is 1. The lowest BCUT2D eigenvalue weighted by molar-refractivity contribution is -0.123. The Kier molecular flexibility index (Phi) is 7.69. The maximum absolute atomic E-state index is 12.0. The molecule has 0 bridgehead atoms. The molecule has 1 heterocycles. The summed E-state index contributed by atoms with van der Waals surface area (Å²) in [4.78, 5) is 14.6. The number of nitrogens with zero attached hydrogens (tertiary/aromatic N) is 1. The topological polar surface area (TPSA) is 67.6 Å². The minimum Gasteiger partial charge on any atom is -0.380 e. The van der Waals surface area contributed by atoms with Gasteiger partial charge in [-0.3, -0.25) is 9.69 Å². The zero-order valence-corrected chi connectivity index (χ0v) is 15.0. The first-order valence-electron chi connectivity index (χ1n) is 8.94. The Morgan fingerprint density at radius 2 is 2.12 bits per heavy atom. The molecular formula is C19H31N3O2. The zero-order chi connectivity index (χ0) is 17.4. The molecule has 1 aliphatic heterocycles. The molecule has 5 heteroatoms.